The summed E-state index contributed by atoms with van der Waals surface area (Å²) < 4.78 is 0. The normalized spacial score (nSPS) is 15.4. The zero-order valence-electron chi connectivity index (χ0n) is 22.9. The summed E-state index contributed by atoms with van der Waals surface area (Å²) >= 11 is 0. The van der Waals surface area contributed by atoms with Crippen LogP contribution in [-0.4, -0.2) is 18.0 Å². The molecule has 4 heteroatoms. The molecule has 0 bridgehead atoms. The van der Waals surface area contributed by atoms with Gasteiger partial charge in [-0.15, -0.1) is 71.8 Å². The van der Waals surface area contributed by atoms with Gasteiger partial charge >= 0.3 is 0 Å². The van der Waals surface area contributed by atoms with Crippen molar-refractivity contribution in [2.75, 3.05) is 0 Å². The number of aromatic nitrogens is 2. The number of fused-ring (bicyclic) bond motifs is 1. The number of aryl methyl sites for hydroxylation is 2. The maximum atomic E-state index is 4.77. The Morgan fingerprint density at radius 3 is 1.95 bits per heavy atom. The van der Waals surface area contributed by atoms with Crippen LogP contribution in [0.2, 0.25) is 18.6 Å². The largest absolute Gasteiger partial charge is 0.305 e. The smallest absolute Gasteiger partial charge is 0.0859 e. The summed E-state index contributed by atoms with van der Waals surface area (Å²) in [5, 5.41) is 1.61. The van der Waals surface area contributed by atoms with Crippen LogP contribution in [0.1, 0.15) is 49.8 Å². The first kappa shape index (κ1) is 28.6. The van der Waals surface area contributed by atoms with E-state index in [9.17, 15) is 0 Å². The van der Waals surface area contributed by atoms with Crippen LogP contribution in [0.4, 0.5) is 0 Å². The van der Waals surface area contributed by atoms with Crippen molar-refractivity contribution in [2.45, 2.75) is 71.0 Å². The molecule has 1 fully saturated rings. The van der Waals surface area contributed by atoms with E-state index in [4.69, 9.17) is 4.98 Å². The fourth-order valence-corrected chi connectivity index (χ4v) is 8.92. The molecule has 2 aliphatic rings. The topological polar surface area (TPSA) is 25.8 Å². The van der Waals surface area contributed by atoms with Crippen molar-refractivity contribution in [3.05, 3.63) is 102 Å². The van der Waals surface area contributed by atoms with E-state index in [0.29, 0.717) is 5.92 Å². The van der Waals surface area contributed by atoms with Crippen LogP contribution in [0.25, 0.3) is 22.5 Å². The van der Waals surface area contributed by atoms with Gasteiger partial charge in [0, 0.05) is 32.5 Å². The second-order valence-electron chi connectivity index (χ2n) is 11.3. The fourth-order valence-electron chi connectivity index (χ4n) is 5.64. The van der Waals surface area contributed by atoms with E-state index >= 15 is 0 Å². The van der Waals surface area contributed by atoms with Crippen LogP contribution in [-0.2, 0) is 39.4 Å². The first-order valence-corrected chi connectivity index (χ1v) is 16.8. The summed E-state index contributed by atoms with van der Waals surface area (Å²) in [7, 11) is -1.18. The van der Waals surface area contributed by atoms with Crippen LogP contribution in [0.15, 0.2) is 73.1 Å². The Balaban J connectivity index is 0.000000178. The predicted molar refractivity (Wildman–Crippen MR) is 158 cm³/mol. The third kappa shape index (κ3) is 6.78. The first-order valence-electron chi connectivity index (χ1n) is 13.9. The second kappa shape index (κ2) is 13.1. The molecule has 3 heterocycles. The van der Waals surface area contributed by atoms with Gasteiger partial charge in [-0.2, -0.15) is 0 Å². The Kier molecular flexibility index (Phi) is 9.87. The molecule has 6 rings (SSSR count). The molecule has 1 radical (unpaired) electrons. The zero-order valence-corrected chi connectivity index (χ0v) is 26.3. The van der Waals surface area contributed by atoms with Crippen molar-refractivity contribution in [2.24, 2.45) is 5.92 Å². The summed E-state index contributed by atoms with van der Waals surface area (Å²) in [6, 6.07) is 30.1. The molecule has 1 aliphatic heterocycles. The van der Waals surface area contributed by atoms with E-state index in [2.05, 4.69) is 74.0 Å². The van der Waals surface area contributed by atoms with Crippen LogP contribution >= 0.6 is 0 Å². The first-order chi connectivity index (χ1) is 18.0. The average Bonchev–Trinajstić information content (AvgIpc) is 2.92. The van der Waals surface area contributed by atoms with E-state index in [1.807, 2.05) is 36.5 Å². The third-order valence-corrected chi connectivity index (χ3v) is 12.6. The summed E-state index contributed by atoms with van der Waals surface area (Å²) in [6.07, 6.45) is 11.8. The van der Waals surface area contributed by atoms with Gasteiger partial charge in [-0.05, 0) is 60.2 Å². The SMILES string of the molecule is CC(C)Cc1cc(-c2[c-]cccc2)ncc1[Si]1(C)CCC1.[Ir].[c-]1ccccc1-c1cc2c(cn1)CCCC2. The molecule has 1 saturated heterocycles. The Bertz CT molecular complexity index is 1320. The minimum Gasteiger partial charge on any atom is -0.305 e. The van der Waals surface area contributed by atoms with Crippen molar-refractivity contribution in [1.82, 2.24) is 9.97 Å². The fraction of sp³-hybridized carbons (Fsp3) is 0.353. The quantitative estimate of drug-likeness (QED) is 0.157. The second-order valence-corrected chi connectivity index (χ2v) is 16.0. The van der Waals surface area contributed by atoms with Gasteiger partial charge in [0.15, 0.2) is 0 Å². The number of nitrogens with zero attached hydrogens (tertiary/aromatic N) is 2. The maximum absolute atomic E-state index is 4.77. The number of rotatable bonds is 5. The van der Waals surface area contributed by atoms with E-state index in [0.717, 1.165) is 22.5 Å². The molecule has 4 aromatic rings. The van der Waals surface area contributed by atoms with Crippen molar-refractivity contribution in [3.8, 4) is 22.5 Å². The Morgan fingerprint density at radius 1 is 0.789 bits per heavy atom. The van der Waals surface area contributed by atoms with Crippen LogP contribution < -0.4 is 5.19 Å². The Morgan fingerprint density at radius 2 is 1.39 bits per heavy atom. The molecule has 0 unspecified atom stereocenters. The van der Waals surface area contributed by atoms with Gasteiger partial charge < -0.3 is 9.97 Å². The molecule has 2 nitrogen and oxygen atoms in total. The van der Waals surface area contributed by atoms with Crippen LogP contribution in [0.3, 0.4) is 0 Å². The van der Waals surface area contributed by atoms with Gasteiger partial charge in [-0.1, -0.05) is 62.2 Å². The molecule has 0 amide bonds. The molecule has 1 aliphatic carbocycles. The monoisotopic (exact) mass is 695 g/mol. The molecular formula is C34H38IrN2Si-2. The Hall–Kier alpha value is -2.39. The minimum atomic E-state index is -1.18. The molecule has 0 N–H and O–H groups in total. The van der Waals surface area contributed by atoms with Crippen LogP contribution in [0, 0.1) is 18.1 Å². The zero-order chi connectivity index (χ0) is 25.7. The van der Waals surface area contributed by atoms with Gasteiger partial charge in [0.05, 0.1) is 8.07 Å². The molecule has 0 atom stereocenters. The summed E-state index contributed by atoms with van der Waals surface area (Å²) in [5.41, 5.74) is 8.79. The van der Waals surface area contributed by atoms with E-state index in [1.54, 1.807) is 10.8 Å². The average molecular weight is 695 g/mol. The number of benzene rings is 2. The molecule has 2 aromatic carbocycles. The molecule has 199 valence electrons. The Labute approximate surface area is 243 Å². The molecule has 2 aromatic heterocycles. The van der Waals surface area contributed by atoms with E-state index < -0.39 is 8.07 Å². The minimum absolute atomic E-state index is 0. The number of hydrogen-bond acceptors (Lipinski definition) is 2. The van der Waals surface area contributed by atoms with Gasteiger partial charge in [-0.25, -0.2) is 0 Å². The predicted octanol–water partition coefficient (Wildman–Crippen LogP) is 7.86. The standard InChI is InChI=1S/C19H24NSi.C15H14N.Ir/c1-15(2)12-17-13-18(16-8-5-4-6-9-16)20-14-19(17)21(3)10-7-11-21;1-2-6-12(7-3-1)15-10-13-8-4-5-9-14(13)11-16-15;/h4-6,8,13-15H,7,10-12H2,1-3H3;1-3,6,10-11H,4-5,8-9H2;/q2*-1;. The maximum Gasteiger partial charge on any atom is 0.0859 e. The number of pyridine rings is 2. The van der Waals surface area contributed by atoms with Crippen molar-refractivity contribution < 1.29 is 20.1 Å². The van der Waals surface area contributed by atoms with Crippen molar-refractivity contribution >= 4 is 13.3 Å². The van der Waals surface area contributed by atoms with Gasteiger partial charge in [-0.3, -0.25) is 0 Å². The van der Waals surface area contributed by atoms with Crippen molar-refractivity contribution in [1.29, 1.82) is 0 Å². The summed E-state index contributed by atoms with van der Waals surface area (Å²) in [6.45, 7) is 7.15. The van der Waals surface area contributed by atoms with Crippen LogP contribution in [0.5, 0.6) is 0 Å². The van der Waals surface area contributed by atoms with Gasteiger partial charge in [0.1, 0.15) is 0 Å². The summed E-state index contributed by atoms with van der Waals surface area (Å²) in [5.74, 6) is 0.691. The van der Waals surface area contributed by atoms with Crippen molar-refractivity contribution in [3.63, 3.8) is 0 Å². The third-order valence-electron chi connectivity index (χ3n) is 7.92. The van der Waals surface area contributed by atoms with E-state index in [-0.39, 0.29) is 20.1 Å². The number of hydrogen-bond donors (Lipinski definition) is 0. The molecular weight excluding hydrogens is 657 g/mol. The molecule has 38 heavy (non-hydrogen) atoms. The van der Waals surface area contributed by atoms with E-state index in [1.165, 1.54) is 61.7 Å². The van der Waals surface area contributed by atoms with Gasteiger partial charge in [0.2, 0.25) is 0 Å². The molecule has 0 spiro atoms. The summed E-state index contributed by atoms with van der Waals surface area (Å²) in [4.78, 5) is 9.30. The van der Waals surface area contributed by atoms with Gasteiger partial charge in [0.25, 0.3) is 0 Å². The molecule has 0 saturated carbocycles.